The molecule has 0 heterocycles. The van der Waals surface area contributed by atoms with E-state index in [0.717, 1.165) is 0 Å². The summed E-state index contributed by atoms with van der Waals surface area (Å²) in [6.07, 6.45) is 0. The molecule has 16 nitrogen and oxygen atoms in total. The first-order chi connectivity index (χ1) is 17.6. The molecule has 0 saturated heterocycles. The fourth-order valence-electron chi connectivity index (χ4n) is 0.600. The number of hydrogen-bond donors (Lipinski definition) is 16. The number of rotatable bonds is 12. The molecule has 0 radical (unpaired) electrons. The van der Waals surface area contributed by atoms with Crippen molar-refractivity contribution in [3.63, 3.8) is 0 Å². The highest BCUT2D eigenvalue weighted by molar-refractivity contribution is 7.81. The van der Waals surface area contributed by atoms with Crippen molar-refractivity contribution in [2.75, 3.05) is 75.9 Å². The maximum absolute atomic E-state index is 9.29. The van der Waals surface area contributed by atoms with Crippen LogP contribution < -0.4 is 0 Å². The lowest BCUT2D eigenvalue weighted by Crippen LogP contribution is -2.37. The molecule has 0 aliphatic carbocycles. The van der Waals surface area contributed by atoms with Crippen LogP contribution in [0, 0.1) is 10.8 Å². The van der Waals surface area contributed by atoms with Gasteiger partial charge in [-0.05, 0) is 0 Å². The Hall–Kier alpha value is -1.04. The first kappa shape index (κ1) is 49.9. The van der Waals surface area contributed by atoms with Gasteiger partial charge in [-0.3, -0.25) is 19.2 Å². The molecule has 0 amide bonds. The van der Waals surface area contributed by atoms with Gasteiger partial charge in [0.2, 0.25) is 0 Å². The molecule has 232 valence electrons. The molecule has 0 spiro atoms. The summed E-state index contributed by atoms with van der Waals surface area (Å²) in [6, 6.07) is 0. The van der Waals surface area contributed by atoms with Crippen molar-refractivity contribution in [3.05, 3.63) is 0 Å². The zero-order valence-electron chi connectivity index (χ0n) is 20.3. The maximum atomic E-state index is 9.29. The topological polar surface area (TPSA) is 311 Å². The molecular weight excluding hydrogens is 600 g/mol. The highest BCUT2D eigenvalue weighted by atomic mass is 32.1. The SMILES string of the molecule is O=C(O)CS.O=C(O)CS.O=C(O)CS.O=C(O)CS.OCC(CO)(CO)CO.OCC(CO)(CO)CO. The molecule has 0 aromatic heterocycles. The van der Waals surface area contributed by atoms with Crippen LogP contribution in [0.25, 0.3) is 0 Å². The lowest BCUT2D eigenvalue weighted by atomic mass is 9.93. The Balaban J connectivity index is -0.0000000829. The minimum atomic E-state index is -1.11. The van der Waals surface area contributed by atoms with Crippen LogP contribution in [0.4, 0.5) is 0 Å². The zero-order valence-corrected chi connectivity index (χ0v) is 23.9. The molecule has 0 bridgehead atoms. The maximum Gasteiger partial charge on any atom is 0.313 e. The van der Waals surface area contributed by atoms with Crippen LogP contribution in [-0.2, 0) is 19.2 Å². The zero-order chi connectivity index (χ0) is 31.8. The predicted octanol–water partition coefficient (Wildman–Crippen LogP) is -4.11. The number of carbonyl (C=O) groups is 4. The Morgan fingerprint density at radius 2 is 0.447 bits per heavy atom. The Morgan fingerprint density at radius 1 is 0.368 bits per heavy atom. The molecule has 0 aliphatic rings. The van der Waals surface area contributed by atoms with E-state index in [1.54, 1.807) is 0 Å². The van der Waals surface area contributed by atoms with Crippen molar-refractivity contribution in [3.8, 4) is 0 Å². The van der Waals surface area contributed by atoms with E-state index in [4.69, 9.17) is 61.3 Å². The van der Waals surface area contributed by atoms with Gasteiger partial charge in [0.15, 0.2) is 0 Å². The van der Waals surface area contributed by atoms with Gasteiger partial charge in [-0.1, -0.05) is 0 Å². The van der Waals surface area contributed by atoms with Crippen molar-refractivity contribution in [1.82, 2.24) is 0 Å². The molecule has 0 unspecified atom stereocenters. The summed E-state index contributed by atoms with van der Waals surface area (Å²) < 4.78 is 0. The second kappa shape index (κ2) is 36.0. The molecule has 0 rings (SSSR count). The summed E-state index contributed by atoms with van der Waals surface area (Å²) in [5, 5.41) is 98.6. The Labute approximate surface area is 241 Å². The minimum absolute atomic E-state index is 0.0833. The molecule has 0 atom stereocenters. The third-order valence-electron chi connectivity index (χ3n) is 3.22. The Bertz CT molecular complexity index is 449. The number of thiol groups is 4. The molecule has 0 saturated carbocycles. The Morgan fingerprint density at radius 3 is 0.447 bits per heavy atom. The van der Waals surface area contributed by atoms with Gasteiger partial charge in [-0.2, -0.15) is 50.5 Å². The molecule has 12 N–H and O–H groups in total. The van der Waals surface area contributed by atoms with Crippen LogP contribution in [0.2, 0.25) is 0 Å². The van der Waals surface area contributed by atoms with E-state index in [9.17, 15) is 19.2 Å². The summed E-state index contributed by atoms with van der Waals surface area (Å²) in [5.41, 5.74) is -2.22. The second-order valence-electron chi connectivity index (χ2n) is 6.47. The first-order valence-electron chi connectivity index (χ1n) is 9.75. The first-order valence-corrected chi connectivity index (χ1v) is 12.3. The van der Waals surface area contributed by atoms with Gasteiger partial charge in [0.05, 0.1) is 86.7 Å². The van der Waals surface area contributed by atoms with E-state index in [-0.39, 0.29) is 23.0 Å². The number of aliphatic hydroxyl groups is 8. The molecule has 0 fully saturated rings. The predicted molar refractivity (Wildman–Crippen MR) is 148 cm³/mol. The summed E-state index contributed by atoms with van der Waals surface area (Å²) in [4.78, 5) is 37.2. The lowest BCUT2D eigenvalue weighted by molar-refractivity contribution is -0.134. The highest BCUT2D eigenvalue weighted by Crippen LogP contribution is 2.12. The number of aliphatic carboxylic acids is 4. The molecule has 20 heteroatoms. The second-order valence-corrected chi connectivity index (χ2v) is 7.74. The van der Waals surface area contributed by atoms with Crippen LogP contribution in [-0.4, -0.2) is 161 Å². The van der Waals surface area contributed by atoms with Gasteiger partial charge in [-0.15, -0.1) is 0 Å². The van der Waals surface area contributed by atoms with Crippen LogP contribution >= 0.6 is 50.5 Å². The quantitative estimate of drug-likeness (QED) is 0.0901. The minimum Gasteiger partial charge on any atom is -0.481 e. The van der Waals surface area contributed by atoms with E-state index >= 15 is 0 Å². The molecule has 0 aliphatic heterocycles. The molecular formula is C18H40O16S4. The van der Waals surface area contributed by atoms with Gasteiger partial charge in [-0.25, -0.2) is 0 Å². The third kappa shape index (κ3) is 42.1. The van der Waals surface area contributed by atoms with Crippen molar-refractivity contribution < 1.29 is 80.5 Å². The Kier molecular flexibility index (Phi) is 47.2. The largest absolute Gasteiger partial charge is 0.481 e. The smallest absolute Gasteiger partial charge is 0.313 e. The fourth-order valence-corrected chi connectivity index (χ4v) is 0.600. The standard InChI is InChI=1S/2C5H12O4.4C2H4O2S/c2*6-1-5(2-7,3-8)4-9;4*3-2(4)1-5/h2*6-9H,1-4H2;4*5H,1H2,(H,3,4). The van der Waals surface area contributed by atoms with Crippen molar-refractivity contribution >= 4 is 74.4 Å². The summed E-state index contributed by atoms with van der Waals surface area (Å²) in [7, 11) is 0. The normalized spacial score (nSPS) is 9.58. The van der Waals surface area contributed by atoms with Gasteiger partial charge in [0, 0.05) is 0 Å². The van der Waals surface area contributed by atoms with Crippen LogP contribution in [0.15, 0.2) is 0 Å². The number of aliphatic hydroxyl groups excluding tert-OH is 8. The average molecular weight is 641 g/mol. The van der Waals surface area contributed by atoms with E-state index in [0.29, 0.717) is 0 Å². The van der Waals surface area contributed by atoms with Crippen LogP contribution in [0.1, 0.15) is 0 Å². The molecule has 0 aromatic carbocycles. The van der Waals surface area contributed by atoms with Crippen molar-refractivity contribution in [2.45, 2.75) is 0 Å². The highest BCUT2D eigenvalue weighted by Gasteiger charge is 2.27. The van der Waals surface area contributed by atoms with E-state index in [2.05, 4.69) is 50.5 Å². The van der Waals surface area contributed by atoms with E-state index in [1.807, 2.05) is 0 Å². The fraction of sp³-hybridized carbons (Fsp3) is 0.778. The average Bonchev–Trinajstić information content (AvgIpc) is 2.93. The molecule has 38 heavy (non-hydrogen) atoms. The van der Waals surface area contributed by atoms with Crippen molar-refractivity contribution in [1.29, 1.82) is 0 Å². The van der Waals surface area contributed by atoms with Gasteiger partial charge in [0.1, 0.15) is 0 Å². The van der Waals surface area contributed by atoms with Gasteiger partial charge < -0.3 is 61.3 Å². The van der Waals surface area contributed by atoms with Gasteiger partial charge in [0.25, 0.3) is 0 Å². The molecule has 0 aromatic rings. The summed E-state index contributed by atoms with van der Waals surface area (Å²) in [5.74, 6) is -3.86. The number of carboxylic acids is 4. The van der Waals surface area contributed by atoms with E-state index in [1.165, 1.54) is 0 Å². The van der Waals surface area contributed by atoms with Crippen LogP contribution in [0.3, 0.4) is 0 Å². The van der Waals surface area contributed by atoms with Crippen molar-refractivity contribution in [2.24, 2.45) is 10.8 Å². The number of carboxylic acid groups (broad SMARTS) is 4. The van der Waals surface area contributed by atoms with Crippen LogP contribution in [0.5, 0.6) is 0 Å². The third-order valence-corrected chi connectivity index (χ3v) is 4.31. The summed E-state index contributed by atoms with van der Waals surface area (Å²) >= 11 is 13.7. The summed E-state index contributed by atoms with van der Waals surface area (Å²) in [6.45, 7) is -3.25. The number of hydrogen-bond acceptors (Lipinski definition) is 16. The monoisotopic (exact) mass is 640 g/mol. The van der Waals surface area contributed by atoms with Gasteiger partial charge >= 0.3 is 23.9 Å². The van der Waals surface area contributed by atoms with E-state index < -0.39 is 87.6 Å². The lowest BCUT2D eigenvalue weighted by Gasteiger charge is -2.23.